The number of para-hydroxylation sites is 2. The average Bonchev–Trinajstić information content (AvgIpc) is 3.29. The number of halogens is 1. The Morgan fingerprint density at radius 2 is 1.58 bits per heavy atom. The summed E-state index contributed by atoms with van der Waals surface area (Å²) < 4.78 is 19.3. The number of rotatable bonds is 4. The Morgan fingerprint density at radius 1 is 0.879 bits per heavy atom. The smallest absolute Gasteiger partial charge is 0.276 e. The van der Waals surface area contributed by atoms with Gasteiger partial charge in [-0.2, -0.15) is 4.37 Å². The monoisotopic (exact) mass is 460 g/mol. The first kappa shape index (κ1) is 21.1. The number of anilines is 2. The van der Waals surface area contributed by atoms with Crippen molar-refractivity contribution in [1.82, 2.24) is 9.27 Å². The van der Waals surface area contributed by atoms with Gasteiger partial charge < -0.3 is 15.1 Å². The predicted octanol–water partition coefficient (Wildman–Crippen LogP) is 4.65. The molecule has 1 fully saturated rings. The number of carbonyl (C=O) groups is 2. The van der Waals surface area contributed by atoms with Crippen LogP contribution in [0.25, 0.3) is 10.1 Å². The lowest BCUT2D eigenvalue weighted by Crippen LogP contribution is -2.49. The highest BCUT2D eigenvalue weighted by molar-refractivity contribution is 7.13. The molecule has 33 heavy (non-hydrogen) atoms. The van der Waals surface area contributed by atoms with Crippen LogP contribution < -0.4 is 10.2 Å². The van der Waals surface area contributed by atoms with Gasteiger partial charge in [0.05, 0.1) is 21.6 Å². The SMILES string of the molecule is O=C(Nc1ccccc1C(=O)N1CCN(c2ccccc2F)CC1)c1nsc2ccccc12. The van der Waals surface area contributed by atoms with Crippen LogP contribution in [0.3, 0.4) is 0 Å². The Bertz CT molecular complexity index is 1330. The fourth-order valence-electron chi connectivity index (χ4n) is 4.04. The number of benzene rings is 3. The number of amides is 2. The van der Waals surface area contributed by atoms with Crippen molar-refractivity contribution in [3.8, 4) is 0 Å². The van der Waals surface area contributed by atoms with Crippen LogP contribution in [0.5, 0.6) is 0 Å². The fourth-order valence-corrected chi connectivity index (χ4v) is 4.81. The van der Waals surface area contributed by atoms with Crippen molar-refractivity contribution in [3.63, 3.8) is 0 Å². The number of carbonyl (C=O) groups excluding carboxylic acids is 2. The molecule has 1 N–H and O–H groups in total. The molecule has 0 aliphatic carbocycles. The van der Waals surface area contributed by atoms with Crippen LogP contribution in [-0.2, 0) is 0 Å². The normalized spacial score (nSPS) is 13.8. The molecule has 1 saturated heterocycles. The Kier molecular flexibility index (Phi) is 5.75. The molecular weight excluding hydrogens is 439 g/mol. The molecule has 3 aromatic carbocycles. The van der Waals surface area contributed by atoms with E-state index < -0.39 is 0 Å². The van der Waals surface area contributed by atoms with Crippen molar-refractivity contribution >= 4 is 44.8 Å². The van der Waals surface area contributed by atoms with Crippen LogP contribution in [0, 0.1) is 5.82 Å². The minimum absolute atomic E-state index is 0.165. The Hall–Kier alpha value is -3.78. The Morgan fingerprint density at radius 3 is 2.39 bits per heavy atom. The number of nitrogens with zero attached hydrogens (tertiary/aromatic N) is 3. The highest BCUT2D eigenvalue weighted by Crippen LogP contribution is 2.25. The maximum absolute atomic E-state index is 14.1. The lowest BCUT2D eigenvalue weighted by atomic mass is 10.1. The molecule has 2 amide bonds. The van der Waals surface area contributed by atoms with E-state index in [2.05, 4.69) is 9.69 Å². The first-order valence-electron chi connectivity index (χ1n) is 10.7. The van der Waals surface area contributed by atoms with E-state index in [0.29, 0.717) is 48.8 Å². The molecule has 4 aromatic rings. The van der Waals surface area contributed by atoms with E-state index in [0.717, 1.165) is 10.1 Å². The summed E-state index contributed by atoms with van der Waals surface area (Å²) in [4.78, 5) is 29.9. The van der Waals surface area contributed by atoms with E-state index in [1.165, 1.54) is 17.6 Å². The molecule has 0 bridgehead atoms. The number of hydrogen-bond acceptors (Lipinski definition) is 5. The molecule has 6 nitrogen and oxygen atoms in total. The predicted molar refractivity (Wildman–Crippen MR) is 129 cm³/mol. The van der Waals surface area contributed by atoms with Crippen molar-refractivity contribution in [2.24, 2.45) is 0 Å². The largest absolute Gasteiger partial charge is 0.366 e. The van der Waals surface area contributed by atoms with E-state index in [1.54, 1.807) is 47.4 Å². The van der Waals surface area contributed by atoms with Crippen LogP contribution in [0.4, 0.5) is 15.8 Å². The van der Waals surface area contributed by atoms with E-state index in [4.69, 9.17) is 0 Å². The van der Waals surface area contributed by atoms with Gasteiger partial charge in [0, 0.05) is 31.6 Å². The molecule has 8 heteroatoms. The highest BCUT2D eigenvalue weighted by atomic mass is 32.1. The molecule has 1 aliphatic rings. The van der Waals surface area contributed by atoms with Crippen molar-refractivity contribution in [2.45, 2.75) is 0 Å². The molecular formula is C25H21FN4O2S. The molecule has 0 unspecified atom stereocenters. The van der Waals surface area contributed by atoms with Crippen LogP contribution >= 0.6 is 11.5 Å². The zero-order chi connectivity index (χ0) is 22.8. The molecule has 0 atom stereocenters. The number of hydrogen-bond donors (Lipinski definition) is 1. The van der Waals surface area contributed by atoms with Crippen molar-refractivity contribution in [1.29, 1.82) is 0 Å². The van der Waals surface area contributed by atoms with Crippen LogP contribution in [0.15, 0.2) is 72.8 Å². The second-order valence-corrected chi connectivity index (χ2v) is 8.56. The van der Waals surface area contributed by atoms with E-state index in [-0.39, 0.29) is 17.6 Å². The number of aromatic nitrogens is 1. The highest BCUT2D eigenvalue weighted by Gasteiger charge is 2.26. The number of piperazine rings is 1. The Labute approximate surface area is 194 Å². The van der Waals surface area contributed by atoms with Gasteiger partial charge in [-0.1, -0.05) is 42.5 Å². The fraction of sp³-hybridized carbons (Fsp3) is 0.160. The quantitative estimate of drug-likeness (QED) is 0.482. The second kappa shape index (κ2) is 8.99. The van der Waals surface area contributed by atoms with Crippen molar-refractivity contribution < 1.29 is 14.0 Å². The summed E-state index contributed by atoms with van der Waals surface area (Å²) in [6.45, 7) is 2.00. The van der Waals surface area contributed by atoms with Gasteiger partial charge in [-0.05, 0) is 41.9 Å². The van der Waals surface area contributed by atoms with Gasteiger partial charge >= 0.3 is 0 Å². The van der Waals surface area contributed by atoms with Gasteiger partial charge in [0.15, 0.2) is 0 Å². The van der Waals surface area contributed by atoms with E-state index >= 15 is 0 Å². The average molecular weight is 461 g/mol. The minimum Gasteiger partial charge on any atom is -0.366 e. The molecule has 0 saturated carbocycles. The summed E-state index contributed by atoms with van der Waals surface area (Å²) >= 11 is 1.27. The molecule has 5 rings (SSSR count). The van der Waals surface area contributed by atoms with Crippen LogP contribution in [-0.4, -0.2) is 47.3 Å². The zero-order valence-corrected chi connectivity index (χ0v) is 18.5. The third-order valence-corrected chi connectivity index (χ3v) is 6.58. The topological polar surface area (TPSA) is 65.5 Å². The van der Waals surface area contributed by atoms with Gasteiger partial charge in [-0.15, -0.1) is 0 Å². The molecule has 1 aliphatic heterocycles. The third kappa shape index (κ3) is 4.17. The van der Waals surface area contributed by atoms with Crippen LogP contribution in [0.2, 0.25) is 0 Å². The van der Waals surface area contributed by atoms with E-state index in [1.807, 2.05) is 29.2 Å². The number of fused-ring (bicyclic) bond motifs is 1. The maximum Gasteiger partial charge on any atom is 0.276 e. The summed E-state index contributed by atoms with van der Waals surface area (Å²) in [6, 6.07) is 21.2. The lowest BCUT2D eigenvalue weighted by Gasteiger charge is -2.36. The first-order valence-corrected chi connectivity index (χ1v) is 11.4. The van der Waals surface area contributed by atoms with Crippen LogP contribution in [0.1, 0.15) is 20.8 Å². The summed E-state index contributed by atoms with van der Waals surface area (Å²) in [5, 5.41) is 3.65. The Balaban J connectivity index is 1.31. The second-order valence-electron chi connectivity index (χ2n) is 7.76. The summed E-state index contributed by atoms with van der Waals surface area (Å²) in [5.74, 6) is -0.779. The molecule has 0 spiro atoms. The van der Waals surface area contributed by atoms with Crippen molar-refractivity contribution in [2.75, 3.05) is 36.4 Å². The zero-order valence-electron chi connectivity index (χ0n) is 17.7. The summed E-state index contributed by atoms with van der Waals surface area (Å²) in [7, 11) is 0. The number of nitrogens with one attached hydrogen (secondary N) is 1. The molecule has 0 radical (unpaired) electrons. The minimum atomic E-state index is -0.350. The molecule has 166 valence electrons. The van der Waals surface area contributed by atoms with Gasteiger partial charge in [0.25, 0.3) is 11.8 Å². The molecule has 2 heterocycles. The van der Waals surface area contributed by atoms with E-state index in [9.17, 15) is 14.0 Å². The van der Waals surface area contributed by atoms with Gasteiger partial charge in [-0.25, -0.2) is 4.39 Å². The summed E-state index contributed by atoms with van der Waals surface area (Å²) in [5.41, 5.74) is 1.76. The van der Waals surface area contributed by atoms with Crippen molar-refractivity contribution in [3.05, 3.63) is 89.9 Å². The van der Waals surface area contributed by atoms with Gasteiger partial charge in [-0.3, -0.25) is 9.59 Å². The third-order valence-electron chi connectivity index (χ3n) is 5.76. The standard InChI is InChI=1S/C25H21FN4O2S/c26-19-9-3-5-11-21(19)29-13-15-30(16-14-29)25(32)17-7-1-4-10-20(17)27-24(31)23-18-8-2-6-12-22(18)33-28-23/h1-12H,13-16H2,(H,27,31). The first-order chi connectivity index (χ1) is 16.1. The lowest BCUT2D eigenvalue weighted by molar-refractivity contribution is 0.0747. The van der Waals surface area contributed by atoms with Gasteiger partial charge in [0.1, 0.15) is 11.5 Å². The summed E-state index contributed by atoms with van der Waals surface area (Å²) in [6.07, 6.45) is 0. The molecule has 1 aromatic heterocycles. The maximum atomic E-state index is 14.1. The van der Waals surface area contributed by atoms with Gasteiger partial charge in [0.2, 0.25) is 0 Å².